The monoisotopic (exact) mass is 215 g/mol. The molecular weight excluding hydrogens is 190 g/mol. The lowest BCUT2D eigenvalue weighted by atomic mass is 9.77. The van der Waals surface area contributed by atoms with Crippen LogP contribution in [0, 0.1) is 0 Å². The van der Waals surface area contributed by atoms with Crippen molar-refractivity contribution in [2.75, 3.05) is 26.8 Å². The van der Waals surface area contributed by atoms with Crippen molar-refractivity contribution < 1.29 is 9.47 Å². The largest absolute Gasteiger partial charge is 0.376 e. The lowest BCUT2D eigenvalue weighted by molar-refractivity contribution is -0.121. The molecule has 1 saturated carbocycles. The molecule has 1 aliphatic rings. The van der Waals surface area contributed by atoms with Gasteiger partial charge in [0, 0.05) is 0 Å². The minimum Gasteiger partial charge on any atom is -0.376 e. The molecule has 0 aliphatic heterocycles. The summed E-state index contributed by atoms with van der Waals surface area (Å²) >= 11 is 0. The Labute approximate surface area is 93.5 Å². The fraction of sp³-hybridized carbons (Fsp3) is 1.00. The number of ether oxygens (including phenoxy) is 2. The summed E-state index contributed by atoms with van der Waals surface area (Å²) in [5.41, 5.74) is 0.170. The van der Waals surface area contributed by atoms with E-state index >= 15 is 0 Å². The molecule has 1 N–H and O–H groups in total. The zero-order valence-electron chi connectivity index (χ0n) is 10.3. The van der Waals surface area contributed by atoms with Gasteiger partial charge in [-0.25, -0.2) is 0 Å². The van der Waals surface area contributed by atoms with Crippen LogP contribution in [0.25, 0.3) is 0 Å². The van der Waals surface area contributed by atoms with Crippen molar-refractivity contribution in [2.24, 2.45) is 0 Å². The lowest BCUT2D eigenvalue weighted by Crippen LogP contribution is -2.43. The summed E-state index contributed by atoms with van der Waals surface area (Å²) in [6.45, 7) is 6.62. The normalized spacial score (nSPS) is 19.2. The Morgan fingerprint density at radius 3 is 2.47 bits per heavy atom. The first-order valence-corrected chi connectivity index (χ1v) is 6.09. The minimum atomic E-state index is 0.170. The van der Waals surface area contributed by atoms with Crippen LogP contribution in [-0.2, 0) is 9.47 Å². The van der Waals surface area contributed by atoms with Crippen LogP contribution < -0.4 is 5.32 Å². The molecule has 0 bridgehead atoms. The quantitative estimate of drug-likeness (QED) is 0.628. The maximum absolute atomic E-state index is 5.95. The molecule has 0 heterocycles. The van der Waals surface area contributed by atoms with Gasteiger partial charge in [-0.3, -0.25) is 0 Å². The molecule has 90 valence electrons. The third kappa shape index (κ3) is 4.49. The van der Waals surface area contributed by atoms with Crippen LogP contribution in [0.2, 0.25) is 0 Å². The summed E-state index contributed by atoms with van der Waals surface area (Å²) in [6.07, 6.45) is 5.19. The molecule has 0 spiro atoms. The molecule has 0 unspecified atom stereocenters. The SMILES string of the molecule is CNCCC1(OCCOC(C)C)CCC1. The van der Waals surface area contributed by atoms with E-state index in [2.05, 4.69) is 19.2 Å². The highest BCUT2D eigenvalue weighted by Gasteiger charge is 2.37. The molecule has 3 heteroatoms. The predicted octanol–water partition coefficient (Wildman–Crippen LogP) is 1.96. The summed E-state index contributed by atoms with van der Waals surface area (Å²) in [5.74, 6) is 0. The standard InChI is InChI=1S/C12H25NO2/c1-11(2)14-9-10-15-12(5-4-6-12)7-8-13-3/h11,13H,4-10H2,1-3H3. The predicted molar refractivity (Wildman–Crippen MR) is 62.2 cm³/mol. The molecule has 0 aromatic heterocycles. The maximum Gasteiger partial charge on any atom is 0.0708 e. The number of rotatable bonds is 8. The zero-order valence-corrected chi connectivity index (χ0v) is 10.3. The molecular formula is C12H25NO2. The van der Waals surface area contributed by atoms with Crippen molar-refractivity contribution in [3.63, 3.8) is 0 Å². The highest BCUT2D eigenvalue weighted by molar-refractivity contribution is 4.90. The Kier molecular flexibility index (Phi) is 5.58. The Morgan fingerprint density at radius 2 is 2.00 bits per heavy atom. The van der Waals surface area contributed by atoms with E-state index < -0.39 is 0 Å². The summed E-state index contributed by atoms with van der Waals surface area (Å²) in [5, 5.41) is 3.19. The molecule has 0 amide bonds. The van der Waals surface area contributed by atoms with Gasteiger partial charge in [0.05, 0.1) is 24.9 Å². The molecule has 3 nitrogen and oxygen atoms in total. The van der Waals surface area contributed by atoms with E-state index in [1.165, 1.54) is 19.3 Å². The third-order valence-corrected chi connectivity index (χ3v) is 3.04. The molecule has 1 rings (SSSR count). The van der Waals surface area contributed by atoms with Crippen LogP contribution in [0.3, 0.4) is 0 Å². The summed E-state index contributed by atoms with van der Waals surface area (Å²) in [7, 11) is 1.99. The van der Waals surface area contributed by atoms with Crippen LogP contribution in [0.15, 0.2) is 0 Å². The van der Waals surface area contributed by atoms with E-state index in [4.69, 9.17) is 9.47 Å². The van der Waals surface area contributed by atoms with Crippen molar-refractivity contribution in [1.82, 2.24) is 5.32 Å². The Bertz CT molecular complexity index is 167. The van der Waals surface area contributed by atoms with Crippen molar-refractivity contribution >= 4 is 0 Å². The summed E-state index contributed by atoms with van der Waals surface area (Å²) < 4.78 is 11.4. The van der Waals surface area contributed by atoms with Gasteiger partial charge in [0.1, 0.15) is 0 Å². The van der Waals surface area contributed by atoms with Crippen LogP contribution >= 0.6 is 0 Å². The number of hydrogen-bond donors (Lipinski definition) is 1. The second kappa shape index (κ2) is 6.46. The first-order chi connectivity index (χ1) is 7.18. The lowest BCUT2D eigenvalue weighted by Gasteiger charge is -2.42. The van der Waals surface area contributed by atoms with E-state index in [1.54, 1.807) is 0 Å². The second-order valence-electron chi connectivity index (χ2n) is 4.66. The van der Waals surface area contributed by atoms with Crippen LogP contribution in [0.1, 0.15) is 39.5 Å². The van der Waals surface area contributed by atoms with Crippen molar-refractivity contribution in [2.45, 2.75) is 51.2 Å². The van der Waals surface area contributed by atoms with Gasteiger partial charge in [-0.2, -0.15) is 0 Å². The number of hydrogen-bond acceptors (Lipinski definition) is 3. The van der Waals surface area contributed by atoms with E-state index in [0.29, 0.717) is 6.10 Å². The number of nitrogens with one attached hydrogen (secondary N) is 1. The van der Waals surface area contributed by atoms with Crippen LogP contribution in [-0.4, -0.2) is 38.5 Å². The highest BCUT2D eigenvalue weighted by atomic mass is 16.5. The average molecular weight is 215 g/mol. The van der Waals surface area contributed by atoms with Gasteiger partial charge in [-0.05, 0) is 53.1 Å². The average Bonchev–Trinajstić information content (AvgIpc) is 2.14. The Balaban J connectivity index is 2.10. The molecule has 0 radical (unpaired) electrons. The van der Waals surface area contributed by atoms with E-state index in [1.807, 2.05) is 7.05 Å². The molecule has 1 aliphatic carbocycles. The summed E-state index contributed by atoms with van der Waals surface area (Å²) in [6, 6.07) is 0. The minimum absolute atomic E-state index is 0.170. The third-order valence-electron chi connectivity index (χ3n) is 3.04. The fourth-order valence-electron chi connectivity index (χ4n) is 1.93. The van der Waals surface area contributed by atoms with Gasteiger partial charge < -0.3 is 14.8 Å². The van der Waals surface area contributed by atoms with E-state index in [0.717, 1.165) is 26.2 Å². The Morgan fingerprint density at radius 1 is 1.27 bits per heavy atom. The van der Waals surface area contributed by atoms with E-state index in [-0.39, 0.29) is 5.60 Å². The Hall–Kier alpha value is -0.120. The van der Waals surface area contributed by atoms with Crippen molar-refractivity contribution in [1.29, 1.82) is 0 Å². The van der Waals surface area contributed by atoms with Crippen molar-refractivity contribution in [3.05, 3.63) is 0 Å². The molecule has 0 aromatic carbocycles. The first kappa shape index (κ1) is 12.9. The fourth-order valence-corrected chi connectivity index (χ4v) is 1.93. The van der Waals surface area contributed by atoms with Gasteiger partial charge in [0.2, 0.25) is 0 Å². The van der Waals surface area contributed by atoms with Crippen molar-refractivity contribution in [3.8, 4) is 0 Å². The molecule has 0 aromatic rings. The summed E-state index contributed by atoms with van der Waals surface area (Å²) in [4.78, 5) is 0. The zero-order chi connectivity index (χ0) is 11.1. The van der Waals surface area contributed by atoms with Gasteiger partial charge in [0.25, 0.3) is 0 Å². The molecule has 0 atom stereocenters. The van der Waals surface area contributed by atoms with Gasteiger partial charge >= 0.3 is 0 Å². The molecule has 15 heavy (non-hydrogen) atoms. The van der Waals surface area contributed by atoms with E-state index in [9.17, 15) is 0 Å². The van der Waals surface area contributed by atoms with Gasteiger partial charge in [-0.15, -0.1) is 0 Å². The van der Waals surface area contributed by atoms with Crippen LogP contribution in [0.5, 0.6) is 0 Å². The highest BCUT2D eigenvalue weighted by Crippen LogP contribution is 2.38. The second-order valence-corrected chi connectivity index (χ2v) is 4.66. The maximum atomic E-state index is 5.95. The van der Waals surface area contributed by atoms with Gasteiger partial charge in [0.15, 0.2) is 0 Å². The molecule has 1 fully saturated rings. The van der Waals surface area contributed by atoms with Gasteiger partial charge in [-0.1, -0.05) is 0 Å². The topological polar surface area (TPSA) is 30.5 Å². The smallest absolute Gasteiger partial charge is 0.0708 e. The first-order valence-electron chi connectivity index (χ1n) is 6.09. The molecule has 0 saturated heterocycles. The van der Waals surface area contributed by atoms with Crippen LogP contribution in [0.4, 0.5) is 0 Å².